The van der Waals surface area contributed by atoms with Gasteiger partial charge < -0.3 is 20.0 Å². The number of halogens is 1. The molecule has 1 atom stereocenters. The number of carbonyl (C=O) groups is 2. The molecule has 28 heavy (non-hydrogen) atoms. The summed E-state index contributed by atoms with van der Waals surface area (Å²) in [6, 6.07) is 4.62. The summed E-state index contributed by atoms with van der Waals surface area (Å²) in [6.45, 7) is 5.08. The maximum absolute atomic E-state index is 12.5. The van der Waals surface area contributed by atoms with Gasteiger partial charge in [0.25, 0.3) is 17.5 Å². The lowest BCUT2D eigenvalue weighted by atomic mass is 10.2. The van der Waals surface area contributed by atoms with Crippen molar-refractivity contribution in [3.05, 3.63) is 33.3 Å². The van der Waals surface area contributed by atoms with E-state index in [-0.39, 0.29) is 30.6 Å². The van der Waals surface area contributed by atoms with Crippen LogP contribution in [0, 0.1) is 10.1 Å². The Labute approximate surface area is 169 Å². The molecule has 2 rings (SSSR count). The summed E-state index contributed by atoms with van der Waals surface area (Å²) < 4.78 is 0. The Balaban J connectivity index is 1.87. The Morgan fingerprint density at radius 3 is 2.54 bits per heavy atom. The Hall–Kier alpha value is -2.39. The minimum atomic E-state index is -0.444. The lowest BCUT2D eigenvalue weighted by Gasteiger charge is -2.35. The Kier molecular flexibility index (Phi) is 8.01. The van der Waals surface area contributed by atoms with E-state index in [2.05, 4.69) is 5.32 Å². The lowest BCUT2D eigenvalue weighted by molar-refractivity contribution is -0.863. The maximum atomic E-state index is 12.5. The second kappa shape index (κ2) is 10.2. The van der Waals surface area contributed by atoms with Crippen LogP contribution in [-0.2, 0) is 9.59 Å². The largest absolute Gasteiger partial charge is 0.362 e. The monoisotopic (exact) mass is 412 g/mol. The number of benzene rings is 1. The molecule has 10 heteroatoms. The molecule has 1 unspecified atom stereocenters. The second-order valence-corrected chi connectivity index (χ2v) is 7.36. The zero-order valence-electron chi connectivity index (χ0n) is 16.2. The van der Waals surface area contributed by atoms with E-state index in [1.54, 1.807) is 17.0 Å². The molecule has 0 aromatic heterocycles. The molecule has 1 heterocycles. The van der Waals surface area contributed by atoms with Crippen LogP contribution in [0.2, 0.25) is 5.02 Å². The third-order valence-electron chi connectivity index (χ3n) is 4.59. The number of anilines is 1. The quantitative estimate of drug-likeness (QED) is 0.460. The molecule has 1 aromatic carbocycles. The van der Waals surface area contributed by atoms with Crippen LogP contribution >= 0.6 is 11.6 Å². The average Bonchev–Trinajstić information content (AvgIpc) is 2.66. The number of nitro groups is 1. The maximum Gasteiger partial charge on any atom is 0.294 e. The average molecular weight is 413 g/mol. The normalized spacial score (nSPS) is 15.2. The van der Waals surface area contributed by atoms with Gasteiger partial charge in [-0.15, -0.1) is 0 Å². The van der Waals surface area contributed by atoms with Crippen molar-refractivity contribution < 1.29 is 19.4 Å². The highest BCUT2D eigenvalue weighted by Gasteiger charge is 2.27. The van der Waals surface area contributed by atoms with Gasteiger partial charge in [0, 0.05) is 43.8 Å². The number of amides is 2. The first-order valence-electron chi connectivity index (χ1n) is 9.36. The molecule has 0 bridgehead atoms. The molecule has 1 aromatic rings. The highest BCUT2D eigenvalue weighted by molar-refractivity contribution is 6.30. The second-order valence-electron chi connectivity index (χ2n) is 6.92. The van der Waals surface area contributed by atoms with Crippen molar-refractivity contribution in [1.82, 2.24) is 10.2 Å². The smallest absolute Gasteiger partial charge is 0.294 e. The van der Waals surface area contributed by atoms with Crippen LogP contribution in [-0.4, -0.2) is 74.5 Å². The molecular weight excluding hydrogens is 386 g/mol. The number of likely N-dealkylation sites (N-methyl/N-ethyl adjacent to an activating group) is 1. The van der Waals surface area contributed by atoms with Gasteiger partial charge >= 0.3 is 0 Å². The van der Waals surface area contributed by atoms with Crippen molar-refractivity contribution in [2.24, 2.45) is 0 Å². The molecule has 1 saturated heterocycles. The number of nitro benzene ring substituents is 1. The zero-order chi connectivity index (χ0) is 20.7. The van der Waals surface area contributed by atoms with Gasteiger partial charge in [-0.1, -0.05) is 18.5 Å². The fourth-order valence-electron chi connectivity index (χ4n) is 3.14. The minimum Gasteiger partial charge on any atom is -0.362 e. The summed E-state index contributed by atoms with van der Waals surface area (Å²) in [5.41, 5.74) is 0.478. The predicted molar refractivity (Wildman–Crippen MR) is 107 cm³/mol. The molecule has 154 valence electrons. The van der Waals surface area contributed by atoms with Crippen LogP contribution in [0.1, 0.15) is 13.3 Å². The van der Waals surface area contributed by atoms with E-state index < -0.39 is 4.92 Å². The number of rotatable bonds is 8. The fourth-order valence-corrected chi connectivity index (χ4v) is 3.31. The Morgan fingerprint density at radius 2 is 1.93 bits per heavy atom. The Morgan fingerprint density at radius 1 is 1.25 bits per heavy atom. The topological polar surface area (TPSA) is 100 Å². The third kappa shape index (κ3) is 6.07. The van der Waals surface area contributed by atoms with Crippen LogP contribution < -0.4 is 15.1 Å². The van der Waals surface area contributed by atoms with Gasteiger partial charge in [-0.2, -0.15) is 0 Å². The first-order valence-corrected chi connectivity index (χ1v) is 9.74. The molecule has 0 aliphatic carbocycles. The van der Waals surface area contributed by atoms with Gasteiger partial charge in [0.2, 0.25) is 0 Å². The molecule has 0 spiro atoms. The van der Waals surface area contributed by atoms with Crippen molar-refractivity contribution >= 4 is 34.8 Å². The minimum absolute atomic E-state index is 0.0222. The molecule has 0 saturated carbocycles. The number of hydrogen-bond acceptors (Lipinski definition) is 5. The van der Waals surface area contributed by atoms with Crippen LogP contribution in [0.15, 0.2) is 18.2 Å². The molecule has 1 aliphatic heterocycles. The molecule has 2 N–H and O–H groups in total. The summed E-state index contributed by atoms with van der Waals surface area (Å²) >= 11 is 5.87. The third-order valence-corrected chi connectivity index (χ3v) is 4.83. The van der Waals surface area contributed by atoms with E-state index in [1.807, 2.05) is 18.9 Å². The van der Waals surface area contributed by atoms with Gasteiger partial charge in [0.1, 0.15) is 5.69 Å². The summed E-state index contributed by atoms with van der Waals surface area (Å²) in [4.78, 5) is 39.6. The van der Waals surface area contributed by atoms with Gasteiger partial charge in [0.05, 0.1) is 12.0 Å². The molecule has 1 fully saturated rings. The molecule has 2 amide bonds. The standard InChI is InChI=1S/C18H26ClN5O4/c1-3-6-20-17(25)12-21(2)13-18(26)23-9-7-22(8-10-23)15-5-4-14(19)11-16(15)24(27)28/h4-5,11H,3,6-10,12-13H2,1-2H3,(H,20,25)/p+1. The number of carbonyl (C=O) groups excluding carboxylic acids is 2. The Bertz CT molecular complexity index is 722. The number of quaternary nitrogens is 1. The van der Waals surface area contributed by atoms with Crippen molar-refractivity contribution in [1.29, 1.82) is 0 Å². The fraction of sp³-hybridized carbons (Fsp3) is 0.556. The number of piperazine rings is 1. The number of hydrogen-bond donors (Lipinski definition) is 2. The lowest BCUT2D eigenvalue weighted by Crippen LogP contribution is -3.11. The summed E-state index contributed by atoms with van der Waals surface area (Å²) in [6.07, 6.45) is 0.875. The van der Waals surface area contributed by atoms with Crippen LogP contribution in [0.3, 0.4) is 0 Å². The summed E-state index contributed by atoms with van der Waals surface area (Å²) in [5, 5.41) is 14.4. The zero-order valence-corrected chi connectivity index (χ0v) is 17.0. The summed E-state index contributed by atoms with van der Waals surface area (Å²) in [5.74, 6) is -0.0851. The molecular formula is C18H27ClN5O4+. The van der Waals surface area contributed by atoms with E-state index >= 15 is 0 Å². The van der Waals surface area contributed by atoms with Crippen LogP contribution in [0.5, 0.6) is 0 Å². The van der Waals surface area contributed by atoms with E-state index in [9.17, 15) is 19.7 Å². The van der Waals surface area contributed by atoms with Gasteiger partial charge in [-0.3, -0.25) is 19.7 Å². The summed E-state index contributed by atoms with van der Waals surface area (Å²) in [7, 11) is 1.82. The van der Waals surface area contributed by atoms with E-state index in [0.717, 1.165) is 11.3 Å². The molecule has 0 radical (unpaired) electrons. The molecule has 1 aliphatic rings. The number of nitrogens with one attached hydrogen (secondary N) is 2. The first kappa shape index (κ1) is 21.9. The highest BCUT2D eigenvalue weighted by Crippen LogP contribution is 2.31. The number of nitrogens with zero attached hydrogens (tertiary/aromatic N) is 3. The van der Waals surface area contributed by atoms with Crippen molar-refractivity contribution in [2.75, 3.05) is 57.8 Å². The van der Waals surface area contributed by atoms with Crippen molar-refractivity contribution in [3.63, 3.8) is 0 Å². The van der Waals surface area contributed by atoms with Crippen LogP contribution in [0.25, 0.3) is 0 Å². The van der Waals surface area contributed by atoms with E-state index in [4.69, 9.17) is 11.6 Å². The first-order chi connectivity index (χ1) is 13.3. The highest BCUT2D eigenvalue weighted by atomic mass is 35.5. The van der Waals surface area contributed by atoms with Gasteiger partial charge in [-0.05, 0) is 18.6 Å². The van der Waals surface area contributed by atoms with Gasteiger partial charge in [-0.25, -0.2) is 0 Å². The van der Waals surface area contributed by atoms with Crippen molar-refractivity contribution in [3.8, 4) is 0 Å². The molecule has 9 nitrogen and oxygen atoms in total. The van der Waals surface area contributed by atoms with E-state index in [0.29, 0.717) is 43.4 Å². The SMILES string of the molecule is CCCNC(=O)C[NH+](C)CC(=O)N1CCN(c2ccc(Cl)cc2[N+](=O)[O-])CC1. The van der Waals surface area contributed by atoms with E-state index in [1.165, 1.54) is 6.07 Å². The van der Waals surface area contributed by atoms with Gasteiger partial charge in [0.15, 0.2) is 13.1 Å². The van der Waals surface area contributed by atoms with Crippen molar-refractivity contribution in [2.45, 2.75) is 13.3 Å². The van der Waals surface area contributed by atoms with Crippen LogP contribution in [0.4, 0.5) is 11.4 Å². The predicted octanol–water partition coefficient (Wildman–Crippen LogP) is -0.0623.